The van der Waals surface area contributed by atoms with Gasteiger partial charge in [-0.05, 0) is 30.9 Å². The Morgan fingerprint density at radius 3 is 2.52 bits per heavy atom. The van der Waals surface area contributed by atoms with Gasteiger partial charge in [-0.15, -0.1) is 12.4 Å². The third-order valence-corrected chi connectivity index (χ3v) is 4.07. The van der Waals surface area contributed by atoms with Crippen LogP contribution in [-0.2, 0) is 16.0 Å². The van der Waals surface area contributed by atoms with Crippen molar-refractivity contribution in [2.75, 3.05) is 24.7 Å². The van der Waals surface area contributed by atoms with Gasteiger partial charge in [-0.2, -0.15) is 0 Å². The zero-order valence-electron chi connectivity index (χ0n) is 11.4. The molecular weight excluding hydrogens is 302 g/mol. The lowest BCUT2D eigenvalue weighted by Gasteiger charge is -2.35. The third kappa shape index (κ3) is 2.75. The molecule has 0 aliphatic carbocycles. The molecule has 21 heavy (non-hydrogen) atoms. The molecule has 1 aromatic carbocycles. The minimum atomic E-state index is -0.968. The number of carbonyl (C=O) groups excluding carboxylic acids is 1. The molecule has 2 aliphatic rings. The van der Waals surface area contributed by atoms with Gasteiger partial charge in [-0.25, -0.2) is 8.78 Å². The number of halogens is 3. The van der Waals surface area contributed by atoms with Crippen LogP contribution >= 0.6 is 12.4 Å². The molecule has 0 aromatic heterocycles. The quantitative estimate of drug-likeness (QED) is 0.859. The van der Waals surface area contributed by atoms with E-state index in [1.165, 1.54) is 4.90 Å². The number of benzene rings is 1. The monoisotopic (exact) mass is 318 g/mol. The zero-order valence-corrected chi connectivity index (χ0v) is 12.2. The molecule has 1 aromatic rings. The van der Waals surface area contributed by atoms with E-state index >= 15 is 0 Å². The number of anilines is 1. The molecule has 1 saturated heterocycles. The van der Waals surface area contributed by atoms with Crippen molar-refractivity contribution in [1.82, 2.24) is 0 Å². The summed E-state index contributed by atoms with van der Waals surface area (Å²) in [6, 6.07) is 2.24. The predicted molar refractivity (Wildman–Crippen MR) is 76.6 cm³/mol. The molecule has 1 amide bonds. The van der Waals surface area contributed by atoms with Crippen molar-refractivity contribution < 1.29 is 18.3 Å². The number of carbonyl (C=O) groups is 1. The minimum absolute atomic E-state index is 0. The summed E-state index contributed by atoms with van der Waals surface area (Å²) in [4.78, 5) is 14.1. The predicted octanol–water partition coefficient (Wildman–Crippen LogP) is 1.78. The van der Waals surface area contributed by atoms with Gasteiger partial charge in [-0.1, -0.05) is 0 Å². The van der Waals surface area contributed by atoms with Gasteiger partial charge in [0.05, 0.1) is 5.69 Å². The first-order chi connectivity index (χ1) is 9.51. The third-order valence-electron chi connectivity index (χ3n) is 4.07. The Morgan fingerprint density at radius 1 is 1.24 bits per heavy atom. The average molecular weight is 319 g/mol. The van der Waals surface area contributed by atoms with Gasteiger partial charge in [0, 0.05) is 25.8 Å². The highest BCUT2D eigenvalue weighted by molar-refractivity contribution is 6.01. The summed E-state index contributed by atoms with van der Waals surface area (Å²) in [6.07, 6.45) is 1.41. The SMILES string of the molecule is Cl.NC1(C(=O)N2CCc3cc(F)c(F)cc32)CCOCC1. The first-order valence-corrected chi connectivity index (χ1v) is 6.68. The number of fused-ring (bicyclic) bond motifs is 1. The first-order valence-electron chi connectivity index (χ1n) is 6.68. The fourth-order valence-corrected chi connectivity index (χ4v) is 2.81. The zero-order chi connectivity index (χ0) is 14.3. The van der Waals surface area contributed by atoms with E-state index in [0.717, 1.165) is 12.1 Å². The molecule has 1 fully saturated rings. The molecule has 2 heterocycles. The molecule has 2 N–H and O–H groups in total. The highest BCUT2D eigenvalue weighted by Crippen LogP contribution is 2.33. The molecule has 116 valence electrons. The van der Waals surface area contributed by atoms with Gasteiger partial charge in [0.15, 0.2) is 11.6 Å². The summed E-state index contributed by atoms with van der Waals surface area (Å²) in [6.45, 7) is 1.30. The Morgan fingerprint density at radius 2 is 1.86 bits per heavy atom. The van der Waals surface area contributed by atoms with Gasteiger partial charge >= 0.3 is 0 Å². The van der Waals surface area contributed by atoms with Crippen LogP contribution in [0.3, 0.4) is 0 Å². The Labute approximate surface area is 127 Å². The maximum atomic E-state index is 13.4. The van der Waals surface area contributed by atoms with Gasteiger partial charge in [0.1, 0.15) is 5.54 Å². The minimum Gasteiger partial charge on any atom is -0.381 e. The second kappa shape index (κ2) is 5.87. The van der Waals surface area contributed by atoms with E-state index in [1.807, 2.05) is 0 Å². The molecule has 0 saturated carbocycles. The van der Waals surface area contributed by atoms with E-state index in [1.54, 1.807) is 0 Å². The second-order valence-corrected chi connectivity index (χ2v) is 5.37. The second-order valence-electron chi connectivity index (χ2n) is 5.37. The fourth-order valence-electron chi connectivity index (χ4n) is 2.81. The molecule has 7 heteroatoms. The van der Waals surface area contributed by atoms with E-state index in [0.29, 0.717) is 50.3 Å². The van der Waals surface area contributed by atoms with Crippen molar-refractivity contribution in [3.63, 3.8) is 0 Å². The van der Waals surface area contributed by atoms with Crippen molar-refractivity contribution in [1.29, 1.82) is 0 Å². The van der Waals surface area contributed by atoms with E-state index in [4.69, 9.17) is 10.5 Å². The smallest absolute Gasteiger partial charge is 0.247 e. The maximum absolute atomic E-state index is 13.4. The number of hydrogen-bond donors (Lipinski definition) is 1. The van der Waals surface area contributed by atoms with Crippen LogP contribution in [0.1, 0.15) is 18.4 Å². The summed E-state index contributed by atoms with van der Waals surface area (Å²) in [5.41, 5.74) is 6.28. The van der Waals surface area contributed by atoms with Gasteiger partial charge in [0.25, 0.3) is 0 Å². The van der Waals surface area contributed by atoms with Gasteiger partial charge in [0.2, 0.25) is 5.91 Å². The van der Waals surface area contributed by atoms with E-state index in [2.05, 4.69) is 0 Å². The van der Waals surface area contributed by atoms with Crippen LogP contribution in [0.5, 0.6) is 0 Å². The van der Waals surface area contributed by atoms with Crippen LogP contribution in [0.15, 0.2) is 12.1 Å². The van der Waals surface area contributed by atoms with Crippen molar-refractivity contribution in [2.24, 2.45) is 5.73 Å². The molecule has 0 bridgehead atoms. The summed E-state index contributed by atoms with van der Waals surface area (Å²) >= 11 is 0. The molecular formula is C14H17ClF2N2O2. The summed E-state index contributed by atoms with van der Waals surface area (Å²) in [5.74, 6) is -2.06. The van der Waals surface area contributed by atoms with Crippen LogP contribution in [-0.4, -0.2) is 31.2 Å². The first kappa shape index (κ1) is 16.1. The largest absolute Gasteiger partial charge is 0.381 e. The standard InChI is InChI=1S/C14H16F2N2O2.ClH/c15-10-7-9-1-4-18(12(9)8-11(10)16)13(19)14(17)2-5-20-6-3-14;/h7-8H,1-6,17H2;1H. The summed E-state index contributed by atoms with van der Waals surface area (Å²) in [5, 5.41) is 0. The van der Waals surface area contributed by atoms with Crippen molar-refractivity contribution in [3.05, 3.63) is 29.3 Å². The Kier molecular flexibility index (Phi) is 4.51. The number of hydrogen-bond acceptors (Lipinski definition) is 3. The molecule has 0 atom stereocenters. The van der Waals surface area contributed by atoms with E-state index in [-0.39, 0.29) is 18.3 Å². The number of rotatable bonds is 1. The average Bonchev–Trinajstić information content (AvgIpc) is 2.82. The molecule has 3 rings (SSSR count). The molecule has 4 nitrogen and oxygen atoms in total. The molecule has 0 unspecified atom stereocenters. The van der Waals surface area contributed by atoms with Crippen LogP contribution in [0.25, 0.3) is 0 Å². The van der Waals surface area contributed by atoms with Crippen LogP contribution in [0.2, 0.25) is 0 Å². The lowest BCUT2D eigenvalue weighted by atomic mass is 9.89. The van der Waals surface area contributed by atoms with Crippen molar-refractivity contribution in [3.8, 4) is 0 Å². The van der Waals surface area contributed by atoms with Crippen LogP contribution in [0.4, 0.5) is 14.5 Å². The Bertz CT molecular complexity index is 562. The maximum Gasteiger partial charge on any atom is 0.247 e. The number of amides is 1. The lowest BCUT2D eigenvalue weighted by molar-refractivity contribution is -0.126. The van der Waals surface area contributed by atoms with Crippen LogP contribution < -0.4 is 10.6 Å². The topological polar surface area (TPSA) is 55.6 Å². The van der Waals surface area contributed by atoms with Gasteiger partial charge < -0.3 is 15.4 Å². The number of nitrogens with two attached hydrogens (primary N) is 1. The Balaban J connectivity index is 0.00000161. The Hall–Kier alpha value is -1.24. The molecule has 0 spiro atoms. The highest BCUT2D eigenvalue weighted by Gasteiger charge is 2.41. The number of ether oxygens (including phenoxy) is 1. The molecule has 0 radical (unpaired) electrons. The lowest BCUT2D eigenvalue weighted by Crippen LogP contribution is -2.58. The van der Waals surface area contributed by atoms with Crippen LogP contribution in [0, 0.1) is 11.6 Å². The van der Waals surface area contributed by atoms with E-state index < -0.39 is 17.2 Å². The van der Waals surface area contributed by atoms with Gasteiger partial charge in [-0.3, -0.25) is 4.79 Å². The summed E-state index contributed by atoms with van der Waals surface area (Å²) in [7, 11) is 0. The van der Waals surface area contributed by atoms with E-state index in [9.17, 15) is 13.6 Å². The molecule has 2 aliphatic heterocycles. The van der Waals surface area contributed by atoms with Crippen molar-refractivity contribution in [2.45, 2.75) is 24.8 Å². The highest BCUT2D eigenvalue weighted by atomic mass is 35.5. The normalized spacial score (nSPS) is 19.9. The van der Waals surface area contributed by atoms with Crippen molar-refractivity contribution >= 4 is 24.0 Å². The number of nitrogens with zero attached hydrogens (tertiary/aromatic N) is 1. The summed E-state index contributed by atoms with van der Waals surface area (Å²) < 4.78 is 31.8. The fraction of sp³-hybridized carbons (Fsp3) is 0.500.